The lowest BCUT2D eigenvalue weighted by molar-refractivity contribution is -0.151. The number of hydrogen-bond acceptors (Lipinski definition) is 12. The van der Waals surface area contributed by atoms with Gasteiger partial charge in [-0.05, 0) is 104 Å². The van der Waals surface area contributed by atoms with Gasteiger partial charge in [0.05, 0.1) is 18.2 Å². The monoisotopic (exact) mass is 862 g/mol. The lowest BCUT2D eigenvalue weighted by atomic mass is 9.98. The molecular weight excluding hydrogens is 801 g/mol. The number of nitrogens with zero attached hydrogens (tertiary/aromatic N) is 3. The first-order valence-corrected chi connectivity index (χ1v) is 20.7. The molecule has 2 aromatic rings. The number of amides is 6. The third-order valence-electron chi connectivity index (χ3n) is 9.21. The maximum absolute atomic E-state index is 14.0. The Kier molecular flexibility index (Phi) is 16.6. The maximum Gasteiger partial charge on any atom is 0.414 e. The molecule has 3 unspecified atom stereocenters. The Morgan fingerprint density at radius 3 is 1.85 bits per heavy atom. The Bertz CT molecular complexity index is 1920. The molecule has 18 heteroatoms. The Morgan fingerprint density at radius 2 is 1.35 bits per heavy atom. The van der Waals surface area contributed by atoms with Crippen LogP contribution >= 0.6 is 0 Å². The summed E-state index contributed by atoms with van der Waals surface area (Å²) in [6, 6.07) is 13.2. The molecule has 1 aliphatic carbocycles. The highest BCUT2D eigenvalue weighted by atomic mass is 16.6. The number of likely N-dealkylation sites (tertiary alicyclic amines) is 1. The van der Waals surface area contributed by atoms with E-state index in [0.717, 1.165) is 22.3 Å². The van der Waals surface area contributed by atoms with Crippen molar-refractivity contribution in [2.24, 2.45) is 10.1 Å². The number of alkyl carbamates (subject to hydrolysis) is 3. The summed E-state index contributed by atoms with van der Waals surface area (Å²) in [6.07, 6.45) is -0.240. The zero-order chi connectivity index (χ0) is 45.8. The van der Waals surface area contributed by atoms with Crippen molar-refractivity contribution >= 4 is 48.2 Å². The van der Waals surface area contributed by atoms with Crippen LogP contribution in [0.1, 0.15) is 106 Å². The molecule has 62 heavy (non-hydrogen) atoms. The van der Waals surface area contributed by atoms with Crippen LogP contribution in [0.5, 0.6) is 0 Å². The average molecular weight is 863 g/mol. The van der Waals surface area contributed by atoms with E-state index in [9.17, 15) is 28.8 Å². The van der Waals surface area contributed by atoms with E-state index in [1.54, 1.807) is 41.5 Å². The Hall–Kier alpha value is -6.04. The number of ether oxygens (including phenoxy) is 4. The molecule has 1 fully saturated rings. The molecule has 2 aliphatic rings. The number of fused-ring (bicyclic) bond motifs is 3. The number of hydrazone groups is 1. The van der Waals surface area contributed by atoms with Gasteiger partial charge in [0.2, 0.25) is 23.7 Å². The Morgan fingerprint density at radius 1 is 0.790 bits per heavy atom. The normalized spacial score (nSPS) is 15.8. The van der Waals surface area contributed by atoms with Crippen molar-refractivity contribution in [2.75, 3.05) is 26.3 Å². The van der Waals surface area contributed by atoms with Crippen LogP contribution in [0.15, 0.2) is 58.6 Å². The number of benzene rings is 2. The third-order valence-corrected chi connectivity index (χ3v) is 9.21. The summed E-state index contributed by atoms with van der Waals surface area (Å²) in [7, 11) is 0. The minimum atomic E-state index is -1.16. The fourth-order valence-electron chi connectivity index (χ4n) is 6.51. The van der Waals surface area contributed by atoms with E-state index in [0.29, 0.717) is 12.8 Å². The second-order valence-corrected chi connectivity index (χ2v) is 18.0. The molecule has 0 saturated carbocycles. The molecular formula is C44H62N8O10. The highest BCUT2D eigenvalue weighted by Crippen LogP contribution is 2.44. The van der Waals surface area contributed by atoms with Crippen LogP contribution in [-0.2, 0) is 33.3 Å². The number of nitrogens with one attached hydrogen (secondary N) is 5. The Balaban J connectivity index is 1.41. The molecule has 6 amide bonds. The van der Waals surface area contributed by atoms with Crippen molar-refractivity contribution in [1.29, 1.82) is 0 Å². The predicted molar refractivity (Wildman–Crippen MR) is 232 cm³/mol. The van der Waals surface area contributed by atoms with E-state index in [-0.39, 0.29) is 44.6 Å². The molecule has 0 bridgehead atoms. The first-order valence-electron chi connectivity index (χ1n) is 20.7. The van der Waals surface area contributed by atoms with E-state index in [1.807, 2.05) is 69.3 Å². The van der Waals surface area contributed by atoms with Crippen molar-refractivity contribution in [1.82, 2.24) is 31.6 Å². The molecule has 1 saturated heterocycles. The van der Waals surface area contributed by atoms with Gasteiger partial charge in [-0.1, -0.05) is 48.5 Å². The number of guanidine groups is 1. The third kappa shape index (κ3) is 15.5. The molecule has 1 heterocycles. The quantitative estimate of drug-likeness (QED) is 0.0555. The molecule has 4 rings (SSSR count). The summed E-state index contributed by atoms with van der Waals surface area (Å²) < 4.78 is 22.3. The second-order valence-electron chi connectivity index (χ2n) is 18.0. The summed E-state index contributed by atoms with van der Waals surface area (Å²) in [6.45, 7) is 17.1. The predicted octanol–water partition coefficient (Wildman–Crippen LogP) is 5.10. The number of rotatable bonds is 14. The SMILES string of the molecule is CC(=O)N/N=C/C(CCCN=C(NC(=O)OC(C)(C)C)NC(=O)OC(C)(C)C)NC(=O)C1CCN1C(=O)C(COC(C)(C)C)NC(=O)OCC1c2ccccc2-c2ccccc21. The molecule has 0 radical (unpaired) electrons. The van der Waals surface area contributed by atoms with Crippen molar-refractivity contribution in [2.45, 2.75) is 129 Å². The highest BCUT2D eigenvalue weighted by molar-refractivity contribution is 6.01. The molecule has 0 spiro atoms. The molecule has 5 N–H and O–H groups in total. The van der Waals surface area contributed by atoms with Crippen LogP contribution in [0, 0.1) is 0 Å². The van der Waals surface area contributed by atoms with Gasteiger partial charge in [0, 0.05) is 32.1 Å². The summed E-state index contributed by atoms with van der Waals surface area (Å²) in [5.74, 6) is -1.82. The van der Waals surface area contributed by atoms with Gasteiger partial charge in [-0.25, -0.2) is 19.8 Å². The first kappa shape index (κ1) is 48.6. The second kappa shape index (κ2) is 21.2. The van der Waals surface area contributed by atoms with Gasteiger partial charge in [0.15, 0.2) is 0 Å². The fraction of sp³-hybridized carbons (Fsp3) is 0.545. The van der Waals surface area contributed by atoms with Gasteiger partial charge in [-0.15, -0.1) is 0 Å². The van der Waals surface area contributed by atoms with Crippen molar-refractivity contribution in [3.05, 3.63) is 59.7 Å². The van der Waals surface area contributed by atoms with E-state index in [2.05, 4.69) is 36.8 Å². The number of hydrogen-bond donors (Lipinski definition) is 5. The van der Waals surface area contributed by atoms with E-state index < -0.39 is 70.9 Å². The van der Waals surface area contributed by atoms with Crippen molar-refractivity contribution in [3.63, 3.8) is 0 Å². The highest BCUT2D eigenvalue weighted by Gasteiger charge is 2.42. The topological polar surface area (TPSA) is 227 Å². The van der Waals surface area contributed by atoms with Crippen molar-refractivity contribution in [3.8, 4) is 11.1 Å². The van der Waals surface area contributed by atoms with Crippen LogP contribution < -0.4 is 26.7 Å². The number of carbonyl (C=O) groups is 6. The summed E-state index contributed by atoms with van der Waals surface area (Å²) in [4.78, 5) is 83.3. The van der Waals surface area contributed by atoms with E-state index in [1.165, 1.54) is 18.0 Å². The summed E-state index contributed by atoms with van der Waals surface area (Å²) in [5.41, 5.74) is 4.29. The molecule has 0 aromatic heterocycles. The standard InChI is InChI=1S/C44H62N8O10/c1-27(53)51-46-24-28(16-15-22-45-38(49-40(57)61-43(5,6)7)50-41(58)62-44(8,9)10)47-36(54)35-21-23-52(35)37(55)34(26-60-42(2,3)4)48-39(56)59-25-33-31-19-13-11-17-29(31)30-18-12-14-20-32(30)33/h11-14,17-20,24,28,33-35H,15-16,21-23,25-26H2,1-10H3,(H,47,54)(H,48,56)(H,51,53)(H2,45,49,50,57,58)/b46-24+. The Labute approximate surface area is 363 Å². The van der Waals surface area contributed by atoms with Crippen LogP contribution in [-0.4, -0.2) is 114 Å². The molecule has 338 valence electrons. The molecule has 1 aliphatic heterocycles. The van der Waals surface area contributed by atoms with E-state index in [4.69, 9.17) is 18.9 Å². The first-order chi connectivity index (χ1) is 29.0. The lowest BCUT2D eigenvalue weighted by Crippen LogP contribution is -2.64. The molecule has 3 atom stereocenters. The minimum absolute atomic E-state index is 0.0458. The van der Waals surface area contributed by atoms with Gasteiger partial charge >= 0.3 is 18.3 Å². The van der Waals surface area contributed by atoms with Gasteiger partial charge in [-0.2, -0.15) is 5.10 Å². The van der Waals surface area contributed by atoms with Gasteiger partial charge in [-0.3, -0.25) is 30.0 Å². The summed E-state index contributed by atoms with van der Waals surface area (Å²) >= 11 is 0. The number of aliphatic imine (C=N–C) groups is 1. The molecule has 18 nitrogen and oxygen atoms in total. The fourth-order valence-corrected chi connectivity index (χ4v) is 6.51. The van der Waals surface area contributed by atoms with Gasteiger partial charge in [0.1, 0.15) is 29.9 Å². The zero-order valence-electron chi connectivity index (χ0n) is 37.4. The number of carbonyl (C=O) groups excluding carboxylic acids is 6. The molecule has 2 aromatic carbocycles. The summed E-state index contributed by atoms with van der Waals surface area (Å²) in [5, 5.41) is 14.3. The zero-order valence-corrected chi connectivity index (χ0v) is 37.4. The van der Waals surface area contributed by atoms with E-state index >= 15 is 0 Å². The van der Waals surface area contributed by atoms with Crippen LogP contribution in [0.2, 0.25) is 0 Å². The van der Waals surface area contributed by atoms with Gasteiger partial charge in [0.25, 0.3) is 0 Å². The van der Waals surface area contributed by atoms with Crippen molar-refractivity contribution < 1.29 is 47.7 Å². The largest absolute Gasteiger partial charge is 0.449 e. The lowest BCUT2D eigenvalue weighted by Gasteiger charge is -2.42. The van der Waals surface area contributed by atoms with Crippen LogP contribution in [0.25, 0.3) is 11.1 Å². The van der Waals surface area contributed by atoms with Crippen LogP contribution in [0.3, 0.4) is 0 Å². The van der Waals surface area contributed by atoms with Gasteiger partial charge < -0.3 is 34.5 Å². The maximum atomic E-state index is 14.0. The minimum Gasteiger partial charge on any atom is -0.449 e. The van der Waals surface area contributed by atoms with Crippen LogP contribution in [0.4, 0.5) is 14.4 Å². The smallest absolute Gasteiger partial charge is 0.414 e. The average Bonchev–Trinajstić information content (AvgIpc) is 3.44.